The van der Waals surface area contributed by atoms with Crippen LogP contribution in [0.2, 0.25) is 0 Å². The summed E-state index contributed by atoms with van der Waals surface area (Å²) in [5, 5.41) is 0.979. The van der Waals surface area contributed by atoms with Crippen LogP contribution < -0.4 is 9.64 Å². The first-order valence-corrected chi connectivity index (χ1v) is 8.30. The summed E-state index contributed by atoms with van der Waals surface area (Å²) in [6, 6.07) is 11.4. The van der Waals surface area contributed by atoms with Crippen LogP contribution >= 0.6 is 0 Å². The van der Waals surface area contributed by atoms with Gasteiger partial charge in [0, 0.05) is 45.5 Å². The Kier molecular flexibility index (Phi) is 5.02. The van der Waals surface area contributed by atoms with Crippen molar-refractivity contribution in [2.75, 3.05) is 33.2 Å². The third kappa shape index (κ3) is 3.44. The predicted molar refractivity (Wildman–Crippen MR) is 103 cm³/mol. The van der Waals surface area contributed by atoms with Crippen molar-refractivity contribution in [1.82, 2.24) is 14.9 Å². The van der Waals surface area contributed by atoms with E-state index in [1.54, 1.807) is 37.5 Å². The smallest absolute Gasteiger partial charge is 0.255 e. The minimum atomic E-state index is -0.0735. The second kappa shape index (κ2) is 7.39. The minimum Gasteiger partial charge on any atom is -0.494 e. The maximum absolute atomic E-state index is 12.7. The lowest BCUT2D eigenvalue weighted by atomic mass is 10.1. The molecule has 134 valence electrons. The molecule has 0 radical (unpaired) electrons. The fourth-order valence-corrected chi connectivity index (χ4v) is 2.83. The number of fused-ring (bicyclic) bond motifs is 1. The van der Waals surface area contributed by atoms with Crippen LogP contribution in [-0.2, 0) is 6.54 Å². The van der Waals surface area contributed by atoms with Crippen molar-refractivity contribution < 1.29 is 9.53 Å². The maximum Gasteiger partial charge on any atom is 0.255 e. The molecule has 0 unspecified atom stereocenters. The Bertz CT molecular complexity index is 923. The molecule has 0 aliphatic heterocycles. The number of hydrogen-bond acceptors (Lipinski definition) is 5. The third-order valence-electron chi connectivity index (χ3n) is 4.25. The summed E-state index contributed by atoms with van der Waals surface area (Å²) in [6.07, 6.45) is 3.35. The number of anilines is 1. The van der Waals surface area contributed by atoms with Crippen LogP contribution in [0, 0.1) is 0 Å². The quantitative estimate of drug-likeness (QED) is 0.708. The van der Waals surface area contributed by atoms with Gasteiger partial charge in [-0.05, 0) is 29.8 Å². The molecule has 0 saturated heterocycles. The Labute approximate surface area is 153 Å². The van der Waals surface area contributed by atoms with E-state index in [0.29, 0.717) is 12.1 Å². The van der Waals surface area contributed by atoms with Gasteiger partial charge in [0.25, 0.3) is 5.91 Å². The van der Waals surface area contributed by atoms with Gasteiger partial charge in [-0.1, -0.05) is 12.1 Å². The third-order valence-corrected chi connectivity index (χ3v) is 4.25. The van der Waals surface area contributed by atoms with E-state index < -0.39 is 0 Å². The molecule has 3 rings (SSSR count). The Hall–Kier alpha value is -3.15. The number of methoxy groups -OCH3 is 1. The Balaban J connectivity index is 1.84. The molecule has 26 heavy (non-hydrogen) atoms. The van der Waals surface area contributed by atoms with Gasteiger partial charge in [0.05, 0.1) is 12.7 Å². The Morgan fingerprint density at radius 3 is 2.54 bits per heavy atom. The molecule has 0 aliphatic rings. The van der Waals surface area contributed by atoms with E-state index in [9.17, 15) is 4.79 Å². The van der Waals surface area contributed by atoms with Crippen molar-refractivity contribution in [1.29, 1.82) is 0 Å². The van der Waals surface area contributed by atoms with Crippen molar-refractivity contribution in [3.05, 3.63) is 59.9 Å². The lowest BCUT2D eigenvalue weighted by molar-refractivity contribution is 0.0785. The molecule has 0 bridgehead atoms. The van der Waals surface area contributed by atoms with Crippen LogP contribution in [-0.4, -0.2) is 49.0 Å². The molecular weight excluding hydrogens is 328 g/mol. The molecule has 6 nitrogen and oxygen atoms in total. The standard InChI is InChI=1S/C20H22N4O2/c1-23(2)18-10-8-14(12-22-18)20(25)24(3)13-15-7-9-17(26-4)19-16(15)6-5-11-21-19/h5-12H,13H2,1-4H3. The molecule has 1 amide bonds. The van der Waals surface area contributed by atoms with Crippen molar-refractivity contribution >= 4 is 22.6 Å². The van der Waals surface area contributed by atoms with Gasteiger partial charge in [-0.3, -0.25) is 9.78 Å². The summed E-state index contributed by atoms with van der Waals surface area (Å²) < 4.78 is 5.38. The van der Waals surface area contributed by atoms with Crippen LogP contribution in [0.5, 0.6) is 5.75 Å². The summed E-state index contributed by atoms with van der Waals surface area (Å²) in [5.74, 6) is 1.47. The maximum atomic E-state index is 12.7. The summed E-state index contributed by atoms with van der Waals surface area (Å²) in [6.45, 7) is 0.473. The van der Waals surface area contributed by atoms with Gasteiger partial charge in [0.15, 0.2) is 0 Å². The normalized spacial score (nSPS) is 10.6. The largest absolute Gasteiger partial charge is 0.494 e. The van der Waals surface area contributed by atoms with Crippen LogP contribution in [0.3, 0.4) is 0 Å². The van der Waals surface area contributed by atoms with E-state index in [2.05, 4.69) is 9.97 Å². The molecule has 2 heterocycles. The number of pyridine rings is 2. The topological polar surface area (TPSA) is 58.6 Å². The fourth-order valence-electron chi connectivity index (χ4n) is 2.83. The van der Waals surface area contributed by atoms with E-state index in [-0.39, 0.29) is 5.91 Å². The highest BCUT2D eigenvalue weighted by molar-refractivity contribution is 5.94. The molecule has 0 aliphatic carbocycles. The summed E-state index contributed by atoms with van der Waals surface area (Å²) in [4.78, 5) is 25.0. The van der Waals surface area contributed by atoms with E-state index in [1.807, 2.05) is 49.3 Å². The van der Waals surface area contributed by atoms with Crippen molar-refractivity contribution in [2.24, 2.45) is 0 Å². The van der Waals surface area contributed by atoms with Gasteiger partial charge in [-0.2, -0.15) is 0 Å². The number of carbonyl (C=O) groups excluding carboxylic acids is 1. The highest BCUT2D eigenvalue weighted by atomic mass is 16.5. The average Bonchev–Trinajstić information content (AvgIpc) is 2.67. The number of ether oxygens (including phenoxy) is 1. The monoisotopic (exact) mass is 350 g/mol. The van der Waals surface area contributed by atoms with Gasteiger partial charge in [0.1, 0.15) is 17.1 Å². The highest BCUT2D eigenvalue weighted by Gasteiger charge is 2.15. The van der Waals surface area contributed by atoms with E-state index in [4.69, 9.17) is 4.74 Å². The van der Waals surface area contributed by atoms with Crippen LogP contribution in [0.1, 0.15) is 15.9 Å². The summed E-state index contributed by atoms with van der Waals surface area (Å²) >= 11 is 0. The molecule has 0 atom stereocenters. The number of hydrogen-bond donors (Lipinski definition) is 0. The summed E-state index contributed by atoms with van der Waals surface area (Å²) in [7, 11) is 7.25. The number of benzene rings is 1. The molecule has 6 heteroatoms. The van der Waals surface area contributed by atoms with Crippen LogP contribution in [0.4, 0.5) is 5.82 Å². The zero-order valence-corrected chi connectivity index (χ0v) is 15.4. The van der Waals surface area contributed by atoms with Crippen molar-refractivity contribution in [2.45, 2.75) is 6.54 Å². The first-order valence-electron chi connectivity index (χ1n) is 8.30. The SMILES string of the molecule is COc1ccc(CN(C)C(=O)c2ccc(N(C)C)nc2)c2cccnc12. The van der Waals surface area contributed by atoms with Gasteiger partial charge in [-0.15, -0.1) is 0 Å². The average molecular weight is 350 g/mol. The van der Waals surface area contributed by atoms with Gasteiger partial charge >= 0.3 is 0 Å². The Morgan fingerprint density at radius 2 is 1.88 bits per heavy atom. The zero-order chi connectivity index (χ0) is 18.7. The zero-order valence-electron chi connectivity index (χ0n) is 15.4. The molecule has 0 saturated carbocycles. The molecule has 0 N–H and O–H groups in total. The fraction of sp³-hybridized carbons (Fsp3) is 0.250. The van der Waals surface area contributed by atoms with E-state index >= 15 is 0 Å². The highest BCUT2D eigenvalue weighted by Crippen LogP contribution is 2.27. The summed E-state index contributed by atoms with van der Waals surface area (Å²) in [5.41, 5.74) is 2.38. The minimum absolute atomic E-state index is 0.0735. The molecular formula is C20H22N4O2. The molecule has 0 spiro atoms. The number of rotatable bonds is 5. The second-order valence-corrected chi connectivity index (χ2v) is 6.29. The van der Waals surface area contributed by atoms with E-state index in [0.717, 1.165) is 28.0 Å². The van der Waals surface area contributed by atoms with Crippen LogP contribution in [0.25, 0.3) is 10.9 Å². The van der Waals surface area contributed by atoms with Crippen molar-refractivity contribution in [3.63, 3.8) is 0 Å². The molecule has 1 aromatic carbocycles. The van der Waals surface area contributed by atoms with Gasteiger partial charge < -0.3 is 14.5 Å². The lowest BCUT2D eigenvalue weighted by Crippen LogP contribution is -2.26. The number of nitrogens with zero attached hydrogens (tertiary/aromatic N) is 4. The number of carbonyl (C=O) groups is 1. The first kappa shape index (κ1) is 17.7. The van der Waals surface area contributed by atoms with Crippen molar-refractivity contribution in [3.8, 4) is 5.75 Å². The molecule has 0 fully saturated rings. The van der Waals surface area contributed by atoms with Crippen LogP contribution in [0.15, 0.2) is 48.8 Å². The first-order chi connectivity index (χ1) is 12.5. The molecule has 3 aromatic rings. The second-order valence-electron chi connectivity index (χ2n) is 6.29. The van der Waals surface area contributed by atoms with Gasteiger partial charge in [-0.25, -0.2) is 4.98 Å². The lowest BCUT2D eigenvalue weighted by Gasteiger charge is -2.19. The Morgan fingerprint density at radius 1 is 1.08 bits per heavy atom. The van der Waals surface area contributed by atoms with E-state index in [1.165, 1.54) is 0 Å². The number of aromatic nitrogens is 2. The molecule has 2 aromatic heterocycles. The predicted octanol–water partition coefficient (Wildman–Crippen LogP) is 2.98. The van der Waals surface area contributed by atoms with Gasteiger partial charge in [0.2, 0.25) is 0 Å². The number of amides is 1.